The predicted molar refractivity (Wildman–Crippen MR) is 59.4 cm³/mol. The van der Waals surface area contributed by atoms with Crippen LogP contribution in [-0.4, -0.2) is 18.1 Å². The van der Waals surface area contributed by atoms with Crippen molar-refractivity contribution in [2.24, 2.45) is 11.3 Å². The Labute approximate surface area is 100.0 Å². The van der Waals surface area contributed by atoms with Gasteiger partial charge in [0.2, 0.25) is 5.91 Å². The first kappa shape index (κ1) is 14.3. The fourth-order valence-electron chi connectivity index (χ4n) is 1.97. The molecule has 0 aromatic heterocycles. The molecule has 0 radical (unpaired) electrons. The molecule has 0 aromatic carbocycles. The van der Waals surface area contributed by atoms with Crippen LogP contribution < -0.4 is 5.32 Å². The summed E-state index contributed by atoms with van der Waals surface area (Å²) in [6.07, 6.45) is -2.99. The predicted octanol–water partition coefficient (Wildman–Crippen LogP) is 3.27. The minimum absolute atomic E-state index is 0.0899. The van der Waals surface area contributed by atoms with E-state index < -0.39 is 17.5 Å². The fraction of sp³-hybridized carbons (Fsp3) is 0.917. The third-order valence-electron chi connectivity index (χ3n) is 3.21. The molecule has 0 aliphatic heterocycles. The van der Waals surface area contributed by atoms with Crippen molar-refractivity contribution in [3.05, 3.63) is 0 Å². The fourth-order valence-corrected chi connectivity index (χ4v) is 1.97. The molecular weight excluding hydrogens is 231 g/mol. The van der Waals surface area contributed by atoms with E-state index in [4.69, 9.17) is 0 Å². The summed E-state index contributed by atoms with van der Waals surface area (Å²) in [6, 6.07) is -0.0969. The van der Waals surface area contributed by atoms with Gasteiger partial charge in [-0.2, -0.15) is 13.2 Å². The lowest BCUT2D eigenvalue weighted by molar-refractivity contribution is -0.182. The molecule has 0 spiro atoms. The molecule has 0 atom stereocenters. The average molecular weight is 251 g/mol. The maximum atomic E-state index is 12.4. The summed E-state index contributed by atoms with van der Waals surface area (Å²) in [4.78, 5) is 11.7. The third-order valence-corrected chi connectivity index (χ3v) is 3.21. The second kappa shape index (κ2) is 4.86. The minimum atomic E-state index is -4.08. The molecule has 1 aliphatic carbocycles. The van der Waals surface area contributed by atoms with Crippen LogP contribution in [0.2, 0.25) is 0 Å². The van der Waals surface area contributed by atoms with E-state index in [1.807, 2.05) is 0 Å². The van der Waals surface area contributed by atoms with Crippen molar-refractivity contribution in [3.63, 3.8) is 0 Å². The molecule has 5 heteroatoms. The van der Waals surface area contributed by atoms with Crippen LogP contribution >= 0.6 is 0 Å². The van der Waals surface area contributed by atoms with E-state index in [9.17, 15) is 18.0 Å². The summed E-state index contributed by atoms with van der Waals surface area (Å²) in [5.41, 5.74) is -0.485. The van der Waals surface area contributed by atoms with E-state index in [1.165, 1.54) is 0 Å². The number of halogens is 3. The van der Waals surface area contributed by atoms with E-state index in [0.717, 1.165) is 0 Å². The number of carbonyl (C=O) groups is 1. The zero-order chi connectivity index (χ0) is 13.3. The van der Waals surface area contributed by atoms with Gasteiger partial charge in [0, 0.05) is 11.5 Å². The molecule has 1 aliphatic rings. The molecule has 0 heterocycles. The second-order valence-electron chi connectivity index (χ2n) is 5.81. The molecule has 17 heavy (non-hydrogen) atoms. The number of hydrogen-bond donors (Lipinski definition) is 1. The summed E-state index contributed by atoms with van der Waals surface area (Å²) in [5, 5.41) is 2.82. The van der Waals surface area contributed by atoms with E-state index in [0.29, 0.717) is 12.8 Å². The molecule has 100 valence electrons. The Morgan fingerprint density at radius 3 is 1.88 bits per heavy atom. The molecule has 1 saturated carbocycles. The lowest BCUT2D eigenvalue weighted by atomic mass is 9.85. The summed E-state index contributed by atoms with van der Waals surface area (Å²) in [7, 11) is 0. The SMILES string of the molecule is CC(C)(C)C(=O)NC1CCC(C(F)(F)F)CC1. The first-order valence-electron chi connectivity index (χ1n) is 5.98. The standard InChI is InChI=1S/C12H20F3NO/c1-11(2,3)10(17)16-9-6-4-8(5-7-9)12(13,14)15/h8-9H,4-7H2,1-3H3,(H,16,17). The molecule has 1 fully saturated rings. The average Bonchev–Trinajstić information content (AvgIpc) is 2.15. The topological polar surface area (TPSA) is 29.1 Å². The van der Waals surface area contributed by atoms with Gasteiger partial charge in [-0.15, -0.1) is 0 Å². The van der Waals surface area contributed by atoms with Crippen molar-refractivity contribution >= 4 is 5.91 Å². The van der Waals surface area contributed by atoms with Gasteiger partial charge in [-0.05, 0) is 25.7 Å². The second-order valence-corrected chi connectivity index (χ2v) is 5.81. The number of amides is 1. The lowest BCUT2D eigenvalue weighted by Gasteiger charge is -2.32. The highest BCUT2D eigenvalue weighted by molar-refractivity contribution is 5.81. The smallest absolute Gasteiger partial charge is 0.353 e. The Morgan fingerprint density at radius 2 is 1.53 bits per heavy atom. The number of rotatable bonds is 1. The molecule has 0 bridgehead atoms. The van der Waals surface area contributed by atoms with Crippen molar-refractivity contribution < 1.29 is 18.0 Å². The summed E-state index contributed by atoms with van der Waals surface area (Å²) in [6.45, 7) is 5.39. The van der Waals surface area contributed by atoms with Crippen LogP contribution in [0, 0.1) is 11.3 Å². The van der Waals surface area contributed by atoms with Crippen molar-refractivity contribution in [2.45, 2.75) is 58.7 Å². The molecule has 1 N–H and O–H groups in total. The van der Waals surface area contributed by atoms with Gasteiger partial charge in [0.25, 0.3) is 0 Å². The van der Waals surface area contributed by atoms with Crippen molar-refractivity contribution in [1.29, 1.82) is 0 Å². The Morgan fingerprint density at radius 1 is 1.06 bits per heavy atom. The molecule has 1 rings (SSSR count). The molecule has 0 unspecified atom stereocenters. The monoisotopic (exact) mass is 251 g/mol. The van der Waals surface area contributed by atoms with Crippen molar-refractivity contribution in [3.8, 4) is 0 Å². The maximum absolute atomic E-state index is 12.4. The molecule has 2 nitrogen and oxygen atoms in total. The minimum Gasteiger partial charge on any atom is -0.353 e. The summed E-state index contributed by atoms with van der Waals surface area (Å²) < 4.78 is 37.3. The van der Waals surface area contributed by atoms with Crippen molar-refractivity contribution in [1.82, 2.24) is 5.32 Å². The van der Waals surface area contributed by atoms with E-state index >= 15 is 0 Å². The molecule has 1 amide bonds. The van der Waals surface area contributed by atoms with Crippen LogP contribution in [0.4, 0.5) is 13.2 Å². The van der Waals surface area contributed by atoms with Gasteiger partial charge >= 0.3 is 6.18 Å². The van der Waals surface area contributed by atoms with E-state index in [-0.39, 0.29) is 24.8 Å². The Kier molecular flexibility index (Phi) is 4.10. The third kappa shape index (κ3) is 4.21. The number of nitrogens with one attached hydrogen (secondary N) is 1. The first-order valence-corrected chi connectivity index (χ1v) is 5.98. The van der Waals surface area contributed by atoms with Crippen LogP contribution in [0.5, 0.6) is 0 Å². The highest BCUT2D eigenvalue weighted by Crippen LogP contribution is 2.37. The van der Waals surface area contributed by atoms with Gasteiger partial charge in [0.1, 0.15) is 0 Å². The van der Waals surface area contributed by atoms with Crippen LogP contribution in [0.3, 0.4) is 0 Å². The zero-order valence-electron chi connectivity index (χ0n) is 10.5. The van der Waals surface area contributed by atoms with E-state index in [2.05, 4.69) is 5.32 Å². The Hall–Kier alpha value is -0.740. The summed E-state index contributed by atoms with van der Waals surface area (Å²) in [5.74, 6) is -1.28. The van der Waals surface area contributed by atoms with Crippen LogP contribution in [0.1, 0.15) is 46.5 Å². The first-order chi connectivity index (χ1) is 7.60. The Balaban J connectivity index is 2.41. The summed E-state index contributed by atoms with van der Waals surface area (Å²) >= 11 is 0. The quantitative estimate of drug-likeness (QED) is 0.761. The van der Waals surface area contributed by atoms with Gasteiger partial charge in [-0.25, -0.2) is 0 Å². The molecule has 0 saturated heterocycles. The van der Waals surface area contributed by atoms with Gasteiger partial charge in [0.15, 0.2) is 0 Å². The maximum Gasteiger partial charge on any atom is 0.391 e. The normalized spacial score (nSPS) is 26.7. The molecule has 0 aromatic rings. The van der Waals surface area contributed by atoms with Crippen molar-refractivity contribution in [2.75, 3.05) is 0 Å². The molecular formula is C12H20F3NO. The van der Waals surface area contributed by atoms with Gasteiger partial charge in [0.05, 0.1) is 5.92 Å². The number of alkyl halides is 3. The van der Waals surface area contributed by atoms with Gasteiger partial charge < -0.3 is 5.32 Å². The highest BCUT2D eigenvalue weighted by atomic mass is 19.4. The van der Waals surface area contributed by atoms with Gasteiger partial charge in [-0.1, -0.05) is 20.8 Å². The van der Waals surface area contributed by atoms with Gasteiger partial charge in [-0.3, -0.25) is 4.79 Å². The zero-order valence-corrected chi connectivity index (χ0v) is 10.5. The number of hydrogen-bond acceptors (Lipinski definition) is 1. The highest BCUT2D eigenvalue weighted by Gasteiger charge is 2.41. The van der Waals surface area contributed by atoms with E-state index in [1.54, 1.807) is 20.8 Å². The van der Waals surface area contributed by atoms with Crippen LogP contribution in [0.25, 0.3) is 0 Å². The largest absolute Gasteiger partial charge is 0.391 e. The van der Waals surface area contributed by atoms with Crippen LogP contribution in [0.15, 0.2) is 0 Å². The number of carbonyl (C=O) groups excluding carboxylic acids is 1. The Bertz CT molecular complexity index is 272. The lowest BCUT2D eigenvalue weighted by Crippen LogP contribution is -2.44. The van der Waals surface area contributed by atoms with Crippen LogP contribution in [-0.2, 0) is 4.79 Å².